The van der Waals surface area contributed by atoms with Gasteiger partial charge in [-0.2, -0.15) is 10.5 Å². The average Bonchev–Trinajstić information content (AvgIpc) is 1.89. The molecule has 0 heterocycles. The molecule has 0 aliphatic carbocycles. The summed E-state index contributed by atoms with van der Waals surface area (Å²) in [5.74, 6) is 0. The molecule has 0 fully saturated rings. The highest BCUT2D eigenvalue weighted by Crippen LogP contribution is 1.68. The van der Waals surface area contributed by atoms with Crippen molar-refractivity contribution in [1.29, 1.82) is 10.5 Å². The molecule has 2 N–H and O–H groups in total. The van der Waals surface area contributed by atoms with Gasteiger partial charge >= 0.3 is 0 Å². The molecule has 0 aromatic rings. The SMILES string of the molecule is CC(O)CO.N#CC#N. The van der Waals surface area contributed by atoms with E-state index in [0.29, 0.717) is 0 Å². The lowest BCUT2D eigenvalue weighted by Gasteiger charge is -1.90. The standard InChI is InChI=1S/C3H8O2.C2N2/c1-3(5)2-4;3-1-2-4/h3-5H,2H2,1H3;. The number of rotatable bonds is 1. The Morgan fingerprint density at radius 1 is 1.44 bits per heavy atom. The summed E-state index contributed by atoms with van der Waals surface area (Å²) in [6.07, 6.45) is -0.560. The normalized spacial score (nSPS) is 9.44. The van der Waals surface area contributed by atoms with Crippen LogP contribution < -0.4 is 0 Å². The first-order chi connectivity index (χ1) is 4.18. The van der Waals surface area contributed by atoms with Crippen molar-refractivity contribution in [2.75, 3.05) is 6.61 Å². The number of nitriles is 2. The predicted molar refractivity (Wildman–Crippen MR) is 30.0 cm³/mol. The molecule has 1 unspecified atom stereocenters. The van der Waals surface area contributed by atoms with Gasteiger partial charge in [0.1, 0.15) is 0 Å². The van der Waals surface area contributed by atoms with Crippen LogP contribution in [0.25, 0.3) is 0 Å². The molecule has 0 aromatic heterocycles. The second-order valence-electron chi connectivity index (χ2n) is 1.26. The van der Waals surface area contributed by atoms with E-state index >= 15 is 0 Å². The van der Waals surface area contributed by atoms with Gasteiger partial charge in [-0.1, -0.05) is 0 Å². The lowest BCUT2D eigenvalue weighted by Crippen LogP contribution is -2.03. The van der Waals surface area contributed by atoms with Gasteiger partial charge in [-0.3, -0.25) is 0 Å². The van der Waals surface area contributed by atoms with Crippen molar-refractivity contribution in [3.05, 3.63) is 0 Å². The second-order valence-corrected chi connectivity index (χ2v) is 1.26. The van der Waals surface area contributed by atoms with Gasteiger partial charge in [0.25, 0.3) is 0 Å². The molecular weight excluding hydrogens is 120 g/mol. The molecule has 4 heteroatoms. The van der Waals surface area contributed by atoms with E-state index in [1.165, 1.54) is 19.1 Å². The summed E-state index contributed by atoms with van der Waals surface area (Å²) in [6, 6.07) is 2.47. The molecular formula is C5H8N2O2. The van der Waals surface area contributed by atoms with Crippen LogP contribution in [-0.2, 0) is 0 Å². The fourth-order valence-electron chi connectivity index (χ4n) is 0. The van der Waals surface area contributed by atoms with Gasteiger partial charge in [-0.15, -0.1) is 0 Å². The van der Waals surface area contributed by atoms with Crippen LogP contribution in [0, 0.1) is 22.7 Å². The zero-order valence-electron chi connectivity index (χ0n) is 5.07. The first-order valence-corrected chi connectivity index (χ1v) is 2.26. The minimum absolute atomic E-state index is 0.139. The first kappa shape index (κ1) is 10.8. The fourth-order valence-corrected chi connectivity index (χ4v) is 0. The molecule has 0 aliphatic rings. The Kier molecular flexibility index (Phi) is 12.0. The summed E-state index contributed by atoms with van der Waals surface area (Å²) in [5, 5.41) is 30.5. The number of aliphatic hydroxyl groups is 2. The second kappa shape index (κ2) is 10.0. The van der Waals surface area contributed by atoms with Crippen molar-refractivity contribution in [3.8, 4) is 12.1 Å². The van der Waals surface area contributed by atoms with Gasteiger partial charge in [0.05, 0.1) is 12.7 Å². The molecule has 0 aliphatic heterocycles. The van der Waals surface area contributed by atoms with Crippen molar-refractivity contribution >= 4 is 0 Å². The van der Waals surface area contributed by atoms with E-state index in [2.05, 4.69) is 0 Å². The van der Waals surface area contributed by atoms with Crippen molar-refractivity contribution in [3.63, 3.8) is 0 Å². The Hall–Kier alpha value is -1.10. The number of hydrogen-bond acceptors (Lipinski definition) is 4. The molecule has 0 rings (SSSR count). The van der Waals surface area contributed by atoms with Crippen molar-refractivity contribution < 1.29 is 10.2 Å². The van der Waals surface area contributed by atoms with Crippen molar-refractivity contribution in [1.82, 2.24) is 0 Å². The average molecular weight is 128 g/mol. The Balaban J connectivity index is 0. The maximum Gasteiger partial charge on any atom is 0.181 e. The van der Waals surface area contributed by atoms with Crippen LogP contribution in [0.2, 0.25) is 0 Å². The van der Waals surface area contributed by atoms with E-state index in [1.54, 1.807) is 0 Å². The van der Waals surface area contributed by atoms with E-state index in [-0.39, 0.29) is 6.61 Å². The van der Waals surface area contributed by atoms with Gasteiger partial charge in [-0.05, 0) is 6.92 Å². The molecule has 0 saturated carbocycles. The maximum atomic E-state index is 8.11. The molecule has 0 bridgehead atoms. The van der Waals surface area contributed by atoms with Crippen LogP contribution in [0.1, 0.15) is 6.92 Å². The monoisotopic (exact) mass is 128 g/mol. The predicted octanol–water partition coefficient (Wildman–Crippen LogP) is -0.607. The van der Waals surface area contributed by atoms with Gasteiger partial charge in [0.15, 0.2) is 12.1 Å². The molecule has 0 spiro atoms. The summed E-state index contributed by atoms with van der Waals surface area (Å²) in [5.41, 5.74) is 0. The summed E-state index contributed by atoms with van der Waals surface area (Å²) < 4.78 is 0. The van der Waals surface area contributed by atoms with E-state index < -0.39 is 6.10 Å². The Morgan fingerprint density at radius 2 is 1.67 bits per heavy atom. The minimum atomic E-state index is -0.560. The maximum absolute atomic E-state index is 8.11. The highest BCUT2D eigenvalue weighted by atomic mass is 16.3. The number of aliphatic hydroxyl groups excluding tert-OH is 2. The van der Waals surface area contributed by atoms with E-state index in [0.717, 1.165) is 0 Å². The Bertz CT molecular complexity index is 108. The third-order valence-electron chi connectivity index (χ3n) is 0.314. The lowest BCUT2D eigenvalue weighted by molar-refractivity contribution is 0.110. The molecule has 0 saturated heterocycles. The Morgan fingerprint density at radius 3 is 1.67 bits per heavy atom. The summed E-state index contributed by atoms with van der Waals surface area (Å²) in [7, 11) is 0. The minimum Gasteiger partial charge on any atom is -0.394 e. The van der Waals surface area contributed by atoms with E-state index in [9.17, 15) is 0 Å². The Labute approximate surface area is 53.6 Å². The van der Waals surface area contributed by atoms with Crippen LogP contribution in [0.4, 0.5) is 0 Å². The lowest BCUT2D eigenvalue weighted by atomic mass is 10.5. The highest BCUT2D eigenvalue weighted by Gasteiger charge is 1.83. The smallest absolute Gasteiger partial charge is 0.181 e. The summed E-state index contributed by atoms with van der Waals surface area (Å²) >= 11 is 0. The summed E-state index contributed by atoms with van der Waals surface area (Å²) in [6.45, 7) is 1.39. The van der Waals surface area contributed by atoms with Crippen LogP contribution in [0.5, 0.6) is 0 Å². The van der Waals surface area contributed by atoms with Gasteiger partial charge < -0.3 is 10.2 Å². The summed E-state index contributed by atoms with van der Waals surface area (Å²) in [4.78, 5) is 0. The first-order valence-electron chi connectivity index (χ1n) is 2.26. The number of nitrogens with zero attached hydrogens (tertiary/aromatic N) is 2. The third-order valence-corrected chi connectivity index (χ3v) is 0.314. The van der Waals surface area contributed by atoms with Crippen LogP contribution in [0.3, 0.4) is 0 Å². The quantitative estimate of drug-likeness (QED) is 0.493. The van der Waals surface area contributed by atoms with Gasteiger partial charge in [0.2, 0.25) is 0 Å². The largest absolute Gasteiger partial charge is 0.394 e. The molecule has 9 heavy (non-hydrogen) atoms. The molecule has 0 amide bonds. The van der Waals surface area contributed by atoms with Crippen molar-refractivity contribution in [2.45, 2.75) is 13.0 Å². The third kappa shape index (κ3) is 45.9. The topological polar surface area (TPSA) is 88.0 Å². The van der Waals surface area contributed by atoms with Crippen molar-refractivity contribution in [2.24, 2.45) is 0 Å². The van der Waals surface area contributed by atoms with Gasteiger partial charge in [0, 0.05) is 0 Å². The molecule has 1 atom stereocenters. The number of hydrogen-bond donors (Lipinski definition) is 2. The zero-order chi connectivity index (χ0) is 7.70. The molecule has 0 radical (unpaired) electrons. The van der Waals surface area contributed by atoms with Crippen LogP contribution >= 0.6 is 0 Å². The van der Waals surface area contributed by atoms with Gasteiger partial charge in [-0.25, -0.2) is 0 Å². The highest BCUT2D eigenvalue weighted by molar-refractivity contribution is 4.99. The zero-order valence-corrected chi connectivity index (χ0v) is 5.07. The van der Waals surface area contributed by atoms with Crippen LogP contribution in [-0.4, -0.2) is 22.9 Å². The fraction of sp³-hybridized carbons (Fsp3) is 0.600. The van der Waals surface area contributed by atoms with Crippen LogP contribution in [0.15, 0.2) is 0 Å². The molecule has 0 aromatic carbocycles. The van der Waals surface area contributed by atoms with E-state index in [1.807, 2.05) is 0 Å². The molecule has 50 valence electrons. The molecule has 4 nitrogen and oxygen atoms in total. The van der Waals surface area contributed by atoms with E-state index in [4.69, 9.17) is 20.7 Å².